The SMILES string of the molecule is CCCNC(=O)NC[C@H]1O[C@@H]2C[C@@H](CC(=O)NCc3cnn(C)c3)O[C@@H]2[C@@H]1O. The second-order valence-corrected chi connectivity index (χ2v) is 7.30. The van der Waals surface area contributed by atoms with E-state index < -0.39 is 18.3 Å². The van der Waals surface area contributed by atoms with Crippen molar-refractivity contribution in [2.75, 3.05) is 13.1 Å². The largest absolute Gasteiger partial charge is 0.388 e. The number of urea groups is 1. The maximum absolute atomic E-state index is 12.1. The Labute approximate surface area is 163 Å². The van der Waals surface area contributed by atoms with Gasteiger partial charge >= 0.3 is 6.03 Å². The highest BCUT2D eigenvalue weighted by atomic mass is 16.6. The second-order valence-electron chi connectivity index (χ2n) is 7.30. The Balaban J connectivity index is 1.37. The Morgan fingerprint density at radius 1 is 1.32 bits per heavy atom. The fourth-order valence-electron chi connectivity index (χ4n) is 3.55. The molecule has 0 aliphatic carbocycles. The first-order valence-corrected chi connectivity index (χ1v) is 9.71. The van der Waals surface area contributed by atoms with Crippen molar-refractivity contribution >= 4 is 11.9 Å². The van der Waals surface area contributed by atoms with E-state index >= 15 is 0 Å². The van der Waals surface area contributed by atoms with Crippen LogP contribution in [-0.2, 0) is 27.9 Å². The van der Waals surface area contributed by atoms with E-state index in [-0.39, 0.29) is 37.1 Å². The number of carbonyl (C=O) groups excluding carboxylic acids is 2. The van der Waals surface area contributed by atoms with Gasteiger partial charge in [-0.05, 0) is 6.42 Å². The van der Waals surface area contributed by atoms with Crippen molar-refractivity contribution in [3.8, 4) is 0 Å². The smallest absolute Gasteiger partial charge is 0.314 e. The number of ether oxygens (including phenoxy) is 2. The summed E-state index contributed by atoms with van der Waals surface area (Å²) in [7, 11) is 1.82. The minimum Gasteiger partial charge on any atom is -0.388 e. The Morgan fingerprint density at radius 3 is 2.82 bits per heavy atom. The van der Waals surface area contributed by atoms with Crippen LogP contribution in [0.25, 0.3) is 0 Å². The van der Waals surface area contributed by atoms with Crippen LogP contribution in [0.15, 0.2) is 12.4 Å². The van der Waals surface area contributed by atoms with Crippen LogP contribution >= 0.6 is 0 Å². The van der Waals surface area contributed by atoms with Gasteiger partial charge in [0.25, 0.3) is 0 Å². The first-order chi connectivity index (χ1) is 13.5. The van der Waals surface area contributed by atoms with Gasteiger partial charge in [-0.3, -0.25) is 9.48 Å². The molecule has 0 unspecified atom stereocenters. The van der Waals surface area contributed by atoms with Crippen LogP contribution < -0.4 is 16.0 Å². The number of nitrogens with zero attached hydrogens (tertiary/aromatic N) is 2. The van der Waals surface area contributed by atoms with Crippen LogP contribution in [-0.4, -0.2) is 70.4 Å². The van der Waals surface area contributed by atoms with E-state index in [1.165, 1.54) is 0 Å². The number of aryl methyl sites for hydroxylation is 1. The summed E-state index contributed by atoms with van der Waals surface area (Å²) < 4.78 is 13.4. The summed E-state index contributed by atoms with van der Waals surface area (Å²) in [4.78, 5) is 23.7. The molecule has 1 aromatic rings. The molecule has 2 fully saturated rings. The number of fused-ring (bicyclic) bond motifs is 1. The van der Waals surface area contributed by atoms with Gasteiger partial charge in [-0.1, -0.05) is 6.92 Å². The van der Waals surface area contributed by atoms with Crippen LogP contribution in [0.2, 0.25) is 0 Å². The Bertz CT molecular complexity index is 681. The molecule has 2 saturated heterocycles. The van der Waals surface area contributed by atoms with E-state index in [1.807, 2.05) is 20.2 Å². The molecule has 4 N–H and O–H groups in total. The van der Waals surface area contributed by atoms with Gasteiger partial charge in [-0.2, -0.15) is 5.10 Å². The van der Waals surface area contributed by atoms with E-state index in [9.17, 15) is 14.7 Å². The molecule has 0 bridgehead atoms. The summed E-state index contributed by atoms with van der Waals surface area (Å²) in [6.45, 7) is 3.19. The summed E-state index contributed by atoms with van der Waals surface area (Å²) in [6.07, 6.45) is 2.79. The first-order valence-electron chi connectivity index (χ1n) is 9.71. The molecule has 3 heterocycles. The third-order valence-corrected chi connectivity index (χ3v) is 4.94. The number of hydrogen-bond donors (Lipinski definition) is 4. The molecule has 2 aliphatic heterocycles. The van der Waals surface area contributed by atoms with Crippen LogP contribution in [0.3, 0.4) is 0 Å². The predicted molar refractivity (Wildman–Crippen MR) is 99.3 cm³/mol. The minimum absolute atomic E-state index is 0.117. The molecule has 0 spiro atoms. The van der Waals surface area contributed by atoms with Gasteiger partial charge in [0.2, 0.25) is 5.91 Å². The van der Waals surface area contributed by atoms with Crippen molar-refractivity contribution in [2.45, 2.75) is 63.3 Å². The highest BCUT2D eigenvalue weighted by Crippen LogP contribution is 2.35. The summed E-state index contributed by atoms with van der Waals surface area (Å²) in [5, 5.41) is 22.7. The van der Waals surface area contributed by atoms with E-state index in [4.69, 9.17) is 9.47 Å². The molecular weight excluding hydrogens is 366 g/mol. The number of aromatic nitrogens is 2. The molecule has 10 nitrogen and oxygen atoms in total. The maximum Gasteiger partial charge on any atom is 0.314 e. The second kappa shape index (κ2) is 9.35. The van der Waals surface area contributed by atoms with Gasteiger partial charge in [0.1, 0.15) is 18.3 Å². The fraction of sp³-hybridized carbons (Fsp3) is 0.722. The standard InChI is InChI=1S/C18H29N5O5/c1-3-4-19-18(26)21-9-14-16(25)17-13(28-14)5-12(27-17)6-15(24)20-7-11-8-22-23(2)10-11/h8,10,12-14,16-17,25H,3-7,9H2,1-2H3,(H,20,24)(H2,19,21,26)/t12-,13+,14+,16+,17-/m0/s1. The molecule has 28 heavy (non-hydrogen) atoms. The fourth-order valence-corrected chi connectivity index (χ4v) is 3.55. The lowest BCUT2D eigenvalue weighted by atomic mass is 10.1. The Hall–Kier alpha value is -2.17. The number of amides is 3. The summed E-state index contributed by atoms with van der Waals surface area (Å²) in [6, 6.07) is -0.279. The van der Waals surface area contributed by atoms with Gasteiger partial charge in [-0.15, -0.1) is 0 Å². The molecule has 10 heteroatoms. The minimum atomic E-state index is -0.833. The Kier molecular flexibility index (Phi) is 6.87. The number of aliphatic hydroxyl groups is 1. The first kappa shape index (κ1) is 20.6. The Morgan fingerprint density at radius 2 is 2.14 bits per heavy atom. The molecule has 2 aliphatic rings. The lowest BCUT2D eigenvalue weighted by Gasteiger charge is -2.20. The summed E-state index contributed by atoms with van der Waals surface area (Å²) in [5.41, 5.74) is 0.928. The van der Waals surface area contributed by atoms with Gasteiger partial charge in [0.05, 0.1) is 24.8 Å². The molecule has 156 valence electrons. The number of carbonyl (C=O) groups is 2. The average Bonchev–Trinajstić information content (AvgIpc) is 3.33. The molecule has 0 saturated carbocycles. The van der Waals surface area contributed by atoms with Crippen molar-refractivity contribution in [1.82, 2.24) is 25.7 Å². The van der Waals surface area contributed by atoms with E-state index in [0.29, 0.717) is 19.5 Å². The molecule has 1 aromatic heterocycles. The molecular formula is C18H29N5O5. The number of nitrogens with one attached hydrogen (secondary N) is 3. The zero-order chi connectivity index (χ0) is 20.1. The van der Waals surface area contributed by atoms with Crippen molar-refractivity contribution in [1.29, 1.82) is 0 Å². The molecule has 5 atom stereocenters. The van der Waals surface area contributed by atoms with Gasteiger partial charge < -0.3 is 30.5 Å². The monoisotopic (exact) mass is 395 g/mol. The van der Waals surface area contributed by atoms with E-state index in [1.54, 1.807) is 10.9 Å². The molecule has 0 radical (unpaired) electrons. The number of hydrogen-bond acceptors (Lipinski definition) is 6. The van der Waals surface area contributed by atoms with Crippen LogP contribution in [0.1, 0.15) is 31.7 Å². The number of aliphatic hydroxyl groups excluding tert-OH is 1. The lowest BCUT2D eigenvalue weighted by molar-refractivity contribution is -0.124. The van der Waals surface area contributed by atoms with Gasteiger partial charge in [-0.25, -0.2) is 4.79 Å². The van der Waals surface area contributed by atoms with Gasteiger partial charge in [0.15, 0.2) is 0 Å². The molecule has 0 aromatic carbocycles. The van der Waals surface area contributed by atoms with Crippen LogP contribution in [0.5, 0.6) is 0 Å². The van der Waals surface area contributed by atoms with Crippen LogP contribution in [0.4, 0.5) is 4.79 Å². The predicted octanol–water partition coefficient (Wildman–Crippen LogP) is -0.579. The average molecular weight is 395 g/mol. The van der Waals surface area contributed by atoms with Crippen molar-refractivity contribution in [2.24, 2.45) is 7.05 Å². The van der Waals surface area contributed by atoms with Crippen molar-refractivity contribution in [3.63, 3.8) is 0 Å². The van der Waals surface area contributed by atoms with Gasteiger partial charge in [0, 0.05) is 44.9 Å². The topological polar surface area (TPSA) is 127 Å². The van der Waals surface area contributed by atoms with E-state index in [0.717, 1.165) is 12.0 Å². The molecule has 3 amide bonds. The normalized spacial score (nSPS) is 28.8. The van der Waals surface area contributed by atoms with E-state index in [2.05, 4.69) is 21.0 Å². The zero-order valence-corrected chi connectivity index (χ0v) is 16.3. The number of rotatable bonds is 8. The quantitative estimate of drug-likeness (QED) is 0.467. The zero-order valence-electron chi connectivity index (χ0n) is 16.3. The molecule has 3 rings (SSSR count). The highest BCUT2D eigenvalue weighted by molar-refractivity contribution is 5.76. The lowest BCUT2D eigenvalue weighted by Crippen LogP contribution is -2.44. The maximum atomic E-state index is 12.1. The van der Waals surface area contributed by atoms with Crippen molar-refractivity contribution < 1.29 is 24.2 Å². The summed E-state index contributed by atoms with van der Waals surface area (Å²) in [5.74, 6) is -0.117. The third-order valence-electron chi connectivity index (χ3n) is 4.94. The highest BCUT2D eigenvalue weighted by Gasteiger charge is 2.50. The van der Waals surface area contributed by atoms with Crippen LogP contribution in [0, 0.1) is 0 Å². The third kappa shape index (κ3) is 5.21. The van der Waals surface area contributed by atoms with Crippen molar-refractivity contribution in [3.05, 3.63) is 18.0 Å². The summed E-state index contributed by atoms with van der Waals surface area (Å²) >= 11 is 0.